The molecule has 0 N–H and O–H groups in total. The van der Waals surface area contributed by atoms with Crippen LogP contribution in [0.1, 0.15) is 0 Å². The molecule has 0 radical (unpaired) electrons. The molecule has 0 bridgehead atoms. The van der Waals surface area contributed by atoms with E-state index >= 15 is 0 Å². The van der Waals surface area contributed by atoms with E-state index in [0.29, 0.717) is 0 Å². The second-order valence-corrected chi connectivity index (χ2v) is 4.26. The van der Waals surface area contributed by atoms with Gasteiger partial charge < -0.3 is 0 Å². The molecule has 2 aromatic rings. The summed E-state index contributed by atoms with van der Waals surface area (Å²) in [4.78, 5) is 0. The zero-order chi connectivity index (χ0) is 8.93. The molecule has 0 aromatic heterocycles. The van der Waals surface area contributed by atoms with Gasteiger partial charge in [-0.3, -0.25) is 0 Å². The van der Waals surface area contributed by atoms with Crippen LogP contribution in [0.3, 0.4) is 0 Å². The molecule has 0 unspecified atom stereocenters. The molecule has 0 saturated carbocycles. The van der Waals surface area contributed by atoms with E-state index < -0.39 is 0 Å². The summed E-state index contributed by atoms with van der Waals surface area (Å²) in [5, 5.41) is 2.79. The molecule has 14 heavy (non-hydrogen) atoms. The molecule has 0 atom stereocenters. The van der Waals surface area contributed by atoms with Gasteiger partial charge in [-0.2, -0.15) is 0 Å². The van der Waals surface area contributed by atoms with E-state index in [1.807, 2.05) is 0 Å². The fourth-order valence-corrected chi connectivity index (χ4v) is 2.26. The number of hydrogen-bond acceptors (Lipinski definition) is 0. The first-order valence-corrected chi connectivity index (χ1v) is 5.32. The molecule has 2 heteroatoms. The molecule has 0 fully saturated rings. The Kier molecular flexibility index (Phi) is 5.88. The van der Waals surface area contributed by atoms with Crippen LogP contribution in [0.4, 0.5) is 0 Å². The van der Waals surface area contributed by atoms with Crippen molar-refractivity contribution in [3.05, 3.63) is 60.7 Å². The van der Waals surface area contributed by atoms with Gasteiger partial charge in [0.25, 0.3) is 0 Å². The molecule has 0 spiro atoms. The summed E-state index contributed by atoms with van der Waals surface area (Å²) in [6, 6.07) is 21.2. The first-order chi connectivity index (χ1) is 6.45. The van der Waals surface area contributed by atoms with Crippen LogP contribution in [-0.2, 0) is 0 Å². The third kappa shape index (κ3) is 3.78. The van der Waals surface area contributed by atoms with E-state index in [1.165, 1.54) is 10.6 Å². The van der Waals surface area contributed by atoms with Crippen LogP contribution >= 0.6 is 8.58 Å². The van der Waals surface area contributed by atoms with Crippen molar-refractivity contribution < 1.29 is 41.7 Å². The fourth-order valence-electron chi connectivity index (χ4n) is 1.21. The first kappa shape index (κ1) is 12.3. The Bertz CT molecular complexity index is 321. The molecular formula is C12H11CeP. The smallest absolute Gasteiger partial charge is 0 e. The number of rotatable bonds is 2. The second kappa shape index (κ2) is 6.68. The van der Waals surface area contributed by atoms with E-state index in [9.17, 15) is 0 Å². The van der Waals surface area contributed by atoms with Gasteiger partial charge in [-0.05, 0) is 10.6 Å². The summed E-state index contributed by atoms with van der Waals surface area (Å²) < 4.78 is 0. The van der Waals surface area contributed by atoms with Gasteiger partial charge in [0.05, 0.1) is 0 Å². The van der Waals surface area contributed by atoms with Crippen molar-refractivity contribution in [3.8, 4) is 0 Å². The molecule has 0 saturated heterocycles. The Balaban J connectivity index is 0.000000980. The molecule has 0 amide bonds. The third-order valence-corrected chi connectivity index (χ3v) is 3.08. The third-order valence-electron chi connectivity index (χ3n) is 1.84. The van der Waals surface area contributed by atoms with Crippen LogP contribution in [0.2, 0.25) is 0 Å². The van der Waals surface area contributed by atoms with Gasteiger partial charge >= 0.3 is 0 Å². The second-order valence-electron chi connectivity index (χ2n) is 2.86. The maximum absolute atomic E-state index is 2.17. The van der Waals surface area contributed by atoms with Crippen LogP contribution in [0.15, 0.2) is 60.7 Å². The van der Waals surface area contributed by atoms with E-state index in [0.717, 1.165) is 8.58 Å². The van der Waals surface area contributed by atoms with Gasteiger partial charge in [-0.25, -0.2) is 0 Å². The minimum atomic E-state index is 0. The van der Waals surface area contributed by atoms with Gasteiger partial charge in [0.15, 0.2) is 0 Å². The number of hydrogen-bond donors (Lipinski definition) is 0. The van der Waals surface area contributed by atoms with Crippen molar-refractivity contribution in [2.45, 2.75) is 0 Å². The predicted molar refractivity (Wildman–Crippen MR) is 60.5 cm³/mol. The van der Waals surface area contributed by atoms with Crippen molar-refractivity contribution in [3.63, 3.8) is 0 Å². The molecule has 2 rings (SSSR count). The summed E-state index contributed by atoms with van der Waals surface area (Å²) in [7, 11) is 0.777. The van der Waals surface area contributed by atoms with Gasteiger partial charge in [-0.1, -0.05) is 69.2 Å². The fraction of sp³-hybridized carbons (Fsp3) is 0. The zero-order valence-corrected chi connectivity index (χ0v) is 11.9. The topological polar surface area (TPSA) is 0 Å². The zero-order valence-electron chi connectivity index (χ0n) is 7.77. The van der Waals surface area contributed by atoms with Gasteiger partial charge in [0.1, 0.15) is 0 Å². The predicted octanol–water partition coefficient (Wildman–Crippen LogP) is 2.32. The van der Waals surface area contributed by atoms with Crippen LogP contribution in [0.25, 0.3) is 0 Å². The molecule has 0 heterocycles. The molecule has 68 valence electrons. The maximum Gasteiger partial charge on any atom is 0 e. The van der Waals surface area contributed by atoms with Gasteiger partial charge in [0.2, 0.25) is 0 Å². The first-order valence-electron chi connectivity index (χ1n) is 4.32. The van der Waals surface area contributed by atoms with E-state index in [1.54, 1.807) is 0 Å². The molecule has 0 aliphatic rings. The van der Waals surface area contributed by atoms with E-state index in [2.05, 4.69) is 60.7 Å². The van der Waals surface area contributed by atoms with E-state index in [-0.39, 0.29) is 41.7 Å². The maximum atomic E-state index is 2.17. The van der Waals surface area contributed by atoms with Crippen molar-refractivity contribution in [1.29, 1.82) is 0 Å². The van der Waals surface area contributed by atoms with Crippen molar-refractivity contribution in [2.75, 3.05) is 0 Å². The summed E-state index contributed by atoms with van der Waals surface area (Å²) >= 11 is 0. The summed E-state index contributed by atoms with van der Waals surface area (Å²) in [5.74, 6) is 0. The minimum Gasteiger partial charge on any atom is -0.0622 e. The Morgan fingerprint density at radius 2 is 0.929 bits per heavy atom. The normalized spacial score (nSPS) is 9.14. The standard InChI is InChI=1S/C12H11P.Ce/c1-3-7-11(8-4-1)13-12-9-5-2-6-10-12;/h1-10,13H;. The average molecular weight is 326 g/mol. The van der Waals surface area contributed by atoms with Crippen LogP contribution in [0, 0.1) is 41.7 Å². The Hall–Kier alpha value is 0.247. The molecule has 0 aliphatic carbocycles. The van der Waals surface area contributed by atoms with Crippen LogP contribution < -0.4 is 10.6 Å². The largest absolute Gasteiger partial charge is 0.0622 e. The Morgan fingerprint density at radius 3 is 1.29 bits per heavy atom. The average Bonchev–Trinajstić information content (AvgIpc) is 2.21. The molecule has 2 aromatic carbocycles. The molecule has 0 aliphatic heterocycles. The summed E-state index contributed by atoms with van der Waals surface area (Å²) in [6.07, 6.45) is 0. The van der Waals surface area contributed by atoms with Crippen molar-refractivity contribution in [1.82, 2.24) is 0 Å². The van der Waals surface area contributed by atoms with E-state index in [4.69, 9.17) is 0 Å². The Morgan fingerprint density at radius 1 is 0.571 bits per heavy atom. The monoisotopic (exact) mass is 326 g/mol. The quantitative estimate of drug-likeness (QED) is 0.743. The minimum absolute atomic E-state index is 0. The van der Waals surface area contributed by atoms with Gasteiger partial charge in [0, 0.05) is 41.7 Å². The summed E-state index contributed by atoms with van der Waals surface area (Å²) in [5.41, 5.74) is 0. The Labute approximate surface area is 120 Å². The van der Waals surface area contributed by atoms with Gasteiger partial charge in [-0.15, -0.1) is 0 Å². The molecule has 0 nitrogen and oxygen atoms in total. The SMILES string of the molecule is [Ce].c1ccc(Pc2ccccc2)cc1. The van der Waals surface area contributed by atoms with Crippen LogP contribution in [0.5, 0.6) is 0 Å². The summed E-state index contributed by atoms with van der Waals surface area (Å²) in [6.45, 7) is 0. The van der Waals surface area contributed by atoms with Crippen molar-refractivity contribution in [2.24, 2.45) is 0 Å². The molecular weight excluding hydrogens is 315 g/mol. The number of benzene rings is 2. The van der Waals surface area contributed by atoms with Crippen LogP contribution in [-0.4, -0.2) is 0 Å². The van der Waals surface area contributed by atoms with Crippen molar-refractivity contribution >= 4 is 19.2 Å².